The molecule has 1 rings (SSSR count). The second-order valence-corrected chi connectivity index (χ2v) is 2.79. The second kappa shape index (κ2) is 3.41. The predicted octanol–water partition coefficient (Wildman–Crippen LogP) is 2.91. The molecule has 1 aromatic heterocycles. The van der Waals surface area contributed by atoms with Crippen LogP contribution in [0.3, 0.4) is 0 Å². The Morgan fingerprint density at radius 2 is 2.00 bits per heavy atom. The van der Waals surface area contributed by atoms with Crippen molar-refractivity contribution in [2.75, 3.05) is 5.73 Å². The molecule has 0 spiro atoms. The predicted molar refractivity (Wildman–Crippen MR) is 43.6 cm³/mol. The SMILES string of the molecule is Nc1c(Cl)ncc(Cl)c1C(F)F. The zero-order chi connectivity index (χ0) is 9.30. The van der Waals surface area contributed by atoms with Gasteiger partial charge < -0.3 is 5.73 Å². The van der Waals surface area contributed by atoms with Gasteiger partial charge in [0.15, 0.2) is 5.15 Å². The summed E-state index contributed by atoms with van der Waals surface area (Å²) in [6.07, 6.45) is -1.69. The van der Waals surface area contributed by atoms with Gasteiger partial charge in [0, 0.05) is 6.20 Å². The van der Waals surface area contributed by atoms with E-state index < -0.39 is 12.0 Å². The molecule has 0 aliphatic carbocycles. The normalized spacial score (nSPS) is 10.8. The highest BCUT2D eigenvalue weighted by molar-refractivity contribution is 6.34. The van der Waals surface area contributed by atoms with Crippen molar-refractivity contribution in [3.05, 3.63) is 21.9 Å². The van der Waals surface area contributed by atoms with Crippen molar-refractivity contribution in [2.45, 2.75) is 6.43 Å². The number of hydrogen-bond acceptors (Lipinski definition) is 2. The lowest BCUT2D eigenvalue weighted by atomic mass is 10.2. The summed E-state index contributed by atoms with van der Waals surface area (Å²) in [6.45, 7) is 0. The number of nitrogen functional groups attached to an aromatic ring is 1. The molecule has 2 N–H and O–H groups in total. The summed E-state index contributed by atoms with van der Waals surface area (Å²) in [5, 5.41) is -0.332. The monoisotopic (exact) mass is 212 g/mol. The molecule has 6 heteroatoms. The highest BCUT2D eigenvalue weighted by atomic mass is 35.5. The van der Waals surface area contributed by atoms with Crippen LogP contribution in [-0.4, -0.2) is 4.98 Å². The molecule has 0 unspecified atom stereocenters. The molecule has 0 atom stereocenters. The van der Waals surface area contributed by atoms with Crippen molar-refractivity contribution < 1.29 is 8.78 Å². The van der Waals surface area contributed by atoms with Crippen molar-refractivity contribution in [1.82, 2.24) is 4.98 Å². The van der Waals surface area contributed by atoms with E-state index in [-0.39, 0.29) is 15.9 Å². The third-order valence-corrected chi connectivity index (χ3v) is 1.88. The van der Waals surface area contributed by atoms with E-state index >= 15 is 0 Å². The maximum atomic E-state index is 12.2. The van der Waals surface area contributed by atoms with Crippen LogP contribution in [0.25, 0.3) is 0 Å². The quantitative estimate of drug-likeness (QED) is 0.728. The van der Waals surface area contributed by atoms with E-state index in [1.807, 2.05) is 0 Å². The number of hydrogen-bond donors (Lipinski definition) is 1. The largest absolute Gasteiger partial charge is 0.396 e. The zero-order valence-corrected chi connectivity index (χ0v) is 7.20. The Balaban J connectivity index is 3.33. The Bertz CT molecular complexity index is 304. The molecule has 0 amide bonds. The molecule has 12 heavy (non-hydrogen) atoms. The second-order valence-electron chi connectivity index (χ2n) is 2.02. The van der Waals surface area contributed by atoms with Crippen LogP contribution < -0.4 is 5.73 Å². The average Bonchev–Trinajstić information content (AvgIpc) is 1.97. The zero-order valence-electron chi connectivity index (χ0n) is 5.69. The van der Waals surface area contributed by atoms with Gasteiger partial charge in [-0.15, -0.1) is 0 Å². The van der Waals surface area contributed by atoms with Gasteiger partial charge in [-0.2, -0.15) is 0 Å². The lowest BCUT2D eigenvalue weighted by Gasteiger charge is -2.06. The first-order valence-electron chi connectivity index (χ1n) is 2.91. The summed E-state index contributed by atoms with van der Waals surface area (Å²) in [7, 11) is 0. The number of halogens is 4. The number of nitrogens with zero attached hydrogens (tertiary/aromatic N) is 1. The molecule has 0 aliphatic rings. The topological polar surface area (TPSA) is 38.9 Å². The first kappa shape index (κ1) is 9.48. The van der Waals surface area contributed by atoms with Gasteiger partial charge in [0.2, 0.25) is 0 Å². The van der Waals surface area contributed by atoms with Crippen molar-refractivity contribution in [3.63, 3.8) is 0 Å². The van der Waals surface area contributed by atoms with Gasteiger partial charge in [-0.25, -0.2) is 13.8 Å². The summed E-state index contributed by atoms with van der Waals surface area (Å²) in [5.74, 6) is 0. The Morgan fingerprint density at radius 1 is 1.42 bits per heavy atom. The first-order valence-corrected chi connectivity index (χ1v) is 3.67. The van der Waals surface area contributed by atoms with Gasteiger partial charge in [-0.1, -0.05) is 23.2 Å². The van der Waals surface area contributed by atoms with Gasteiger partial charge in [0.1, 0.15) is 0 Å². The smallest absolute Gasteiger partial charge is 0.267 e. The van der Waals surface area contributed by atoms with Gasteiger partial charge in [-0.05, 0) is 0 Å². The summed E-state index contributed by atoms with van der Waals surface area (Å²) >= 11 is 10.8. The van der Waals surface area contributed by atoms with Gasteiger partial charge in [-0.3, -0.25) is 0 Å². The maximum Gasteiger partial charge on any atom is 0.267 e. The van der Waals surface area contributed by atoms with Crippen LogP contribution in [0, 0.1) is 0 Å². The molecule has 1 aromatic rings. The number of aromatic nitrogens is 1. The van der Waals surface area contributed by atoms with Crippen LogP contribution in [-0.2, 0) is 0 Å². The van der Waals surface area contributed by atoms with Gasteiger partial charge in [0.05, 0.1) is 16.3 Å². The molecule has 0 aromatic carbocycles. The Kier molecular flexibility index (Phi) is 2.69. The van der Waals surface area contributed by atoms with Crippen LogP contribution in [0.5, 0.6) is 0 Å². The first-order chi connectivity index (χ1) is 5.54. The molecule has 0 radical (unpaired) electrons. The average molecular weight is 213 g/mol. The van der Waals surface area contributed by atoms with Crippen molar-refractivity contribution >= 4 is 28.9 Å². The molecule has 0 saturated heterocycles. The summed E-state index contributed by atoms with van der Waals surface area (Å²) < 4.78 is 24.4. The Hall–Kier alpha value is -0.610. The summed E-state index contributed by atoms with van der Waals surface area (Å²) in [5.41, 5.74) is 4.50. The van der Waals surface area contributed by atoms with Crippen LogP contribution in [0.15, 0.2) is 6.20 Å². The molecule has 0 aliphatic heterocycles. The van der Waals surface area contributed by atoms with E-state index in [0.29, 0.717) is 0 Å². The number of pyridine rings is 1. The minimum Gasteiger partial charge on any atom is -0.396 e. The van der Waals surface area contributed by atoms with Crippen LogP contribution >= 0.6 is 23.2 Å². The van der Waals surface area contributed by atoms with Crippen LogP contribution in [0.1, 0.15) is 12.0 Å². The third kappa shape index (κ3) is 1.59. The van der Waals surface area contributed by atoms with E-state index in [2.05, 4.69) is 4.98 Å². The van der Waals surface area contributed by atoms with Crippen molar-refractivity contribution in [3.8, 4) is 0 Å². The highest BCUT2D eigenvalue weighted by Crippen LogP contribution is 2.34. The Morgan fingerprint density at radius 3 is 2.42 bits per heavy atom. The van der Waals surface area contributed by atoms with Crippen molar-refractivity contribution in [1.29, 1.82) is 0 Å². The summed E-state index contributed by atoms with van der Waals surface area (Å²) in [6, 6.07) is 0. The number of anilines is 1. The van der Waals surface area contributed by atoms with E-state index in [0.717, 1.165) is 6.20 Å². The molecule has 0 fully saturated rings. The van der Waals surface area contributed by atoms with Crippen LogP contribution in [0.4, 0.5) is 14.5 Å². The lowest BCUT2D eigenvalue weighted by molar-refractivity contribution is 0.152. The fourth-order valence-electron chi connectivity index (χ4n) is 0.714. The van der Waals surface area contributed by atoms with Crippen LogP contribution in [0.2, 0.25) is 10.2 Å². The molecule has 2 nitrogen and oxygen atoms in total. The molecular formula is C6H4Cl2F2N2. The number of nitrogens with two attached hydrogens (primary N) is 1. The number of rotatable bonds is 1. The molecule has 0 bridgehead atoms. The Labute approximate surface area is 77.3 Å². The molecule has 66 valence electrons. The minimum atomic E-state index is -2.74. The minimum absolute atomic E-state index is 0.158. The van der Waals surface area contributed by atoms with Gasteiger partial charge in [0.25, 0.3) is 6.43 Å². The van der Waals surface area contributed by atoms with Gasteiger partial charge >= 0.3 is 0 Å². The van der Waals surface area contributed by atoms with E-state index in [1.165, 1.54) is 0 Å². The standard InChI is InChI=1S/C6H4Cl2F2N2/c7-2-1-12-5(8)4(11)3(2)6(9)10/h1,6H,11H2. The van der Waals surface area contributed by atoms with Crippen molar-refractivity contribution in [2.24, 2.45) is 0 Å². The lowest BCUT2D eigenvalue weighted by Crippen LogP contribution is -1.98. The fourth-order valence-corrected chi connectivity index (χ4v) is 1.10. The highest BCUT2D eigenvalue weighted by Gasteiger charge is 2.18. The molecule has 0 saturated carbocycles. The van der Waals surface area contributed by atoms with E-state index in [4.69, 9.17) is 28.9 Å². The van der Waals surface area contributed by atoms with E-state index in [1.54, 1.807) is 0 Å². The van der Waals surface area contributed by atoms with E-state index in [9.17, 15) is 8.78 Å². The third-order valence-electron chi connectivity index (χ3n) is 1.28. The molecule has 1 heterocycles. The maximum absolute atomic E-state index is 12.2. The summed E-state index contributed by atoms with van der Waals surface area (Å²) in [4.78, 5) is 3.50. The number of alkyl halides is 2. The molecular weight excluding hydrogens is 209 g/mol. The fraction of sp³-hybridized carbons (Fsp3) is 0.167.